The monoisotopic (exact) mass is 483 g/mol. The lowest BCUT2D eigenvalue weighted by Crippen LogP contribution is -2.25. The number of benzene rings is 1. The van der Waals surface area contributed by atoms with Gasteiger partial charge in [0.15, 0.2) is 5.69 Å². The molecular weight excluding hydrogens is 462 g/mol. The van der Waals surface area contributed by atoms with Crippen molar-refractivity contribution in [2.24, 2.45) is 0 Å². The Morgan fingerprint density at radius 1 is 1.10 bits per heavy atom. The first-order chi connectivity index (χ1) is 14.7. The van der Waals surface area contributed by atoms with Crippen molar-refractivity contribution in [3.05, 3.63) is 58.5 Å². The number of fused-ring (bicyclic) bond motifs is 3. The van der Waals surface area contributed by atoms with Gasteiger partial charge in [-0.15, -0.1) is 0 Å². The maximum atomic E-state index is 12.8. The summed E-state index contributed by atoms with van der Waals surface area (Å²) in [6, 6.07) is 9.34. The summed E-state index contributed by atoms with van der Waals surface area (Å²) >= 11 is 3.37. The van der Waals surface area contributed by atoms with Crippen LogP contribution in [0.5, 0.6) is 11.6 Å². The molecule has 0 bridgehead atoms. The van der Waals surface area contributed by atoms with Crippen LogP contribution in [-0.4, -0.2) is 33.6 Å². The predicted octanol–water partition coefficient (Wildman–Crippen LogP) is 5.77. The van der Waals surface area contributed by atoms with Crippen LogP contribution in [0, 0.1) is 0 Å². The van der Waals surface area contributed by atoms with Crippen molar-refractivity contribution in [2.75, 3.05) is 7.11 Å². The maximum Gasteiger partial charge on any atom is 0.357 e. The molecule has 31 heavy (non-hydrogen) atoms. The fourth-order valence-corrected chi connectivity index (χ4v) is 3.57. The van der Waals surface area contributed by atoms with E-state index in [1.807, 2.05) is 45.0 Å². The third-order valence-electron chi connectivity index (χ3n) is 4.51. The van der Waals surface area contributed by atoms with Gasteiger partial charge in [0.05, 0.1) is 18.3 Å². The molecular formula is C23H22BrN3O4. The molecule has 1 N–H and O–H groups in total. The lowest BCUT2D eigenvalue weighted by atomic mass is 10.1. The van der Waals surface area contributed by atoms with Gasteiger partial charge < -0.3 is 19.2 Å². The predicted molar refractivity (Wildman–Crippen MR) is 121 cm³/mol. The number of carbonyl (C=O) groups is 1. The lowest BCUT2D eigenvalue weighted by Gasteiger charge is -2.20. The first kappa shape index (κ1) is 21.3. The highest BCUT2D eigenvalue weighted by molar-refractivity contribution is 9.10. The number of nitrogens with zero attached hydrogens (tertiary/aromatic N) is 2. The minimum Gasteiger partial charge on any atom is -0.455 e. The quantitative estimate of drug-likeness (QED) is 0.362. The molecule has 4 aromatic rings. The van der Waals surface area contributed by atoms with Gasteiger partial charge in [-0.05, 0) is 61.0 Å². The number of carbonyl (C=O) groups excluding carboxylic acids is 1. The largest absolute Gasteiger partial charge is 0.455 e. The second kappa shape index (κ2) is 8.28. The van der Waals surface area contributed by atoms with Crippen molar-refractivity contribution < 1.29 is 19.0 Å². The molecule has 0 amide bonds. The second-order valence-electron chi connectivity index (χ2n) is 8.06. The second-order valence-corrected chi connectivity index (χ2v) is 8.97. The summed E-state index contributed by atoms with van der Waals surface area (Å²) in [5, 5.41) is 1.74. The van der Waals surface area contributed by atoms with Crippen LogP contribution in [0.2, 0.25) is 0 Å². The number of halogens is 1. The molecule has 1 aromatic carbocycles. The molecule has 0 radical (unpaired) electrons. The number of H-pyrrole nitrogens is 1. The van der Waals surface area contributed by atoms with Gasteiger partial charge in [-0.2, -0.15) is 0 Å². The zero-order valence-electron chi connectivity index (χ0n) is 17.7. The normalized spacial score (nSPS) is 11.8. The Bertz CT molecular complexity index is 1260. The molecule has 0 aliphatic carbocycles. The SMILES string of the molecule is COCc1c(C(=O)OC(C)(C)C)ncc2[nH]c3ccc(Oc4ccc(Br)cn4)cc3c12. The Hall–Kier alpha value is -2.97. The first-order valence-electron chi connectivity index (χ1n) is 9.70. The van der Waals surface area contributed by atoms with Crippen LogP contribution in [0.4, 0.5) is 0 Å². The zero-order chi connectivity index (χ0) is 22.2. The van der Waals surface area contributed by atoms with E-state index in [4.69, 9.17) is 14.2 Å². The van der Waals surface area contributed by atoms with Crippen molar-refractivity contribution in [1.29, 1.82) is 0 Å². The van der Waals surface area contributed by atoms with E-state index in [-0.39, 0.29) is 12.3 Å². The molecule has 160 valence electrons. The number of aromatic amines is 1. The zero-order valence-corrected chi connectivity index (χ0v) is 19.2. The molecule has 0 saturated heterocycles. The number of methoxy groups -OCH3 is 1. The fourth-order valence-electron chi connectivity index (χ4n) is 3.33. The van der Waals surface area contributed by atoms with Gasteiger partial charge in [-0.3, -0.25) is 0 Å². The van der Waals surface area contributed by atoms with Crippen LogP contribution < -0.4 is 4.74 Å². The van der Waals surface area contributed by atoms with Gasteiger partial charge in [0.25, 0.3) is 0 Å². The molecule has 0 saturated carbocycles. The Morgan fingerprint density at radius 2 is 1.90 bits per heavy atom. The van der Waals surface area contributed by atoms with Crippen molar-refractivity contribution in [3.63, 3.8) is 0 Å². The van der Waals surface area contributed by atoms with Crippen LogP contribution in [0.15, 0.2) is 47.2 Å². The van der Waals surface area contributed by atoms with E-state index >= 15 is 0 Å². The van der Waals surface area contributed by atoms with Crippen LogP contribution in [0.3, 0.4) is 0 Å². The lowest BCUT2D eigenvalue weighted by molar-refractivity contribution is 0.00593. The molecule has 3 aromatic heterocycles. The van der Waals surface area contributed by atoms with Gasteiger partial charge in [-0.25, -0.2) is 14.8 Å². The highest BCUT2D eigenvalue weighted by Crippen LogP contribution is 2.34. The number of hydrogen-bond donors (Lipinski definition) is 1. The number of nitrogens with one attached hydrogen (secondary N) is 1. The van der Waals surface area contributed by atoms with Crippen LogP contribution in [-0.2, 0) is 16.1 Å². The molecule has 0 aliphatic rings. The van der Waals surface area contributed by atoms with Crippen LogP contribution in [0.1, 0.15) is 36.8 Å². The number of ether oxygens (including phenoxy) is 3. The number of aromatic nitrogens is 3. The number of pyridine rings is 2. The average Bonchev–Trinajstić information content (AvgIpc) is 3.07. The first-order valence-corrected chi connectivity index (χ1v) is 10.5. The molecule has 0 fully saturated rings. The van der Waals surface area contributed by atoms with Gasteiger partial charge >= 0.3 is 5.97 Å². The van der Waals surface area contributed by atoms with E-state index in [1.165, 1.54) is 0 Å². The van der Waals surface area contributed by atoms with E-state index in [1.54, 1.807) is 25.6 Å². The van der Waals surface area contributed by atoms with E-state index in [0.717, 1.165) is 26.3 Å². The molecule has 0 spiro atoms. The summed E-state index contributed by atoms with van der Waals surface area (Å²) < 4.78 is 17.8. The number of esters is 1. The molecule has 3 heterocycles. The Labute approximate surface area is 187 Å². The summed E-state index contributed by atoms with van der Waals surface area (Å²) in [6.45, 7) is 5.69. The molecule has 7 nitrogen and oxygen atoms in total. The van der Waals surface area contributed by atoms with E-state index in [0.29, 0.717) is 17.2 Å². The van der Waals surface area contributed by atoms with Gasteiger partial charge in [0, 0.05) is 45.7 Å². The smallest absolute Gasteiger partial charge is 0.357 e. The molecule has 0 unspecified atom stereocenters. The maximum absolute atomic E-state index is 12.8. The minimum absolute atomic E-state index is 0.214. The molecule has 4 rings (SSSR count). The molecule has 0 aliphatic heterocycles. The third kappa shape index (κ3) is 4.55. The van der Waals surface area contributed by atoms with E-state index in [2.05, 4.69) is 30.9 Å². The highest BCUT2D eigenvalue weighted by Gasteiger charge is 2.24. The minimum atomic E-state index is -0.628. The standard InChI is InChI=1S/C23H22BrN3O4/c1-23(2,3)31-22(28)21-16(12-29-4)20-15-9-14(30-19-8-5-13(24)10-25-19)6-7-17(15)27-18(20)11-26-21/h5-11,27H,12H2,1-4H3. The summed E-state index contributed by atoms with van der Waals surface area (Å²) in [5.74, 6) is 0.625. The Morgan fingerprint density at radius 3 is 2.58 bits per heavy atom. The van der Waals surface area contributed by atoms with Gasteiger partial charge in [-0.1, -0.05) is 0 Å². The topological polar surface area (TPSA) is 86.3 Å². The summed E-state index contributed by atoms with van der Waals surface area (Å²) in [7, 11) is 1.58. The summed E-state index contributed by atoms with van der Waals surface area (Å²) in [4.78, 5) is 24.8. The van der Waals surface area contributed by atoms with E-state index < -0.39 is 11.6 Å². The highest BCUT2D eigenvalue weighted by atomic mass is 79.9. The molecule has 0 atom stereocenters. The van der Waals surface area contributed by atoms with Gasteiger partial charge in [0.2, 0.25) is 5.88 Å². The van der Waals surface area contributed by atoms with Crippen molar-refractivity contribution in [3.8, 4) is 11.6 Å². The number of rotatable bonds is 5. The van der Waals surface area contributed by atoms with Crippen LogP contribution >= 0.6 is 15.9 Å². The number of hydrogen-bond acceptors (Lipinski definition) is 6. The summed E-state index contributed by atoms with van der Waals surface area (Å²) in [6.07, 6.45) is 3.32. The van der Waals surface area contributed by atoms with E-state index in [9.17, 15) is 4.79 Å². The van der Waals surface area contributed by atoms with Gasteiger partial charge in [0.1, 0.15) is 11.4 Å². The third-order valence-corrected chi connectivity index (χ3v) is 4.98. The van der Waals surface area contributed by atoms with Crippen molar-refractivity contribution in [1.82, 2.24) is 15.0 Å². The van der Waals surface area contributed by atoms with Crippen LogP contribution in [0.25, 0.3) is 21.8 Å². The average molecular weight is 484 g/mol. The molecule has 8 heteroatoms. The summed E-state index contributed by atoms with van der Waals surface area (Å²) in [5.41, 5.74) is 1.97. The van der Waals surface area contributed by atoms with Crippen molar-refractivity contribution >= 4 is 43.7 Å². The Balaban J connectivity index is 1.83. The fraction of sp³-hybridized carbons (Fsp3) is 0.261. The van der Waals surface area contributed by atoms with Crippen molar-refractivity contribution in [2.45, 2.75) is 33.0 Å². The Kier molecular flexibility index (Phi) is 5.68.